The zero-order valence-electron chi connectivity index (χ0n) is 20.1. The fourth-order valence-corrected chi connectivity index (χ4v) is 4.23. The summed E-state index contributed by atoms with van der Waals surface area (Å²) in [6.07, 6.45) is 10.1. The van der Waals surface area contributed by atoms with Crippen LogP contribution in [0.2, 0.25) is 0 Å². The molecule has 28 heavy (non-hydrogen) atoms. The molecule has 0 bridgehead atoms. The summed E-state index contributed by atoms with van der Waals surface area (Å²) in [5.41, 5.74) is -1.09. The summed E-state index contributed by atoms with van der Waals surface area (Å²) in [5.74, 6) is -1.70. The van der Waals surface area contributed by atoms with Gasteiger partial charge in [-0.1, -0.05) is 80.1 Å². The van der Waals surface area contributed by atoms with E-state index in [9.17, 15) is 19.8 Å². The Kier molecular flexibility index (Phi) is 27.5. The van der Waals surface area contributed by atoms with E-state index in [0.717, 1.165) is 77.0 Å². The van der Waals surface area contributed by atoms with Crippen LogP contribution in [0.25, 0.3) is 0 Å². The topological polar surface area (TPSA) is 80.3 Å². The molecule has 0 heterocycles. The summed E-state index contributed by atoms with van der Waals surface area (Å²) in [4.78, 5) is 22.2. The van der Waals surface area contributed by atoms with Crippen molar-refractivity contribution < 1.29 is 78.9 Å². The number of carbonyl (C=O) groups is 2. The molecule has 0 N–H and O–H groups in total. The third kappa shape index (κ3) is 13.3. The second kappa shape index (κ2) is 21.2. The Balaban J connectivity index is -0.000000192. The van der Waals surface area contributed by atoms with E-state index in [4.69, 9.17) is 0 Å². The zero-order chi connectivity index (χ0) is 20.6. The third-order valence-corrected chi connectivity index (χ3v) is 5.24. The van der Waals surface area contributed by atoms with Crippen LogP contribution in [-0.4, -0.2) is 11.9 Å². The van der Waals surface area contributed by atoms with Crippen LogP contribution in [-0.2, 0) is 9.59 Å². The number of carboxylic acids is 2. The molecule has 0 aromatic rings. The fourth-order valence-electron chi connectivity index (χ4n) is 4.23. The average molecular weight is 417 g/mol. The summed E-state index contributed by atoms with van der Waals surface area (Å²) >= 11 is 0. The quantitative estimate of drug-likeness (QED) is 0.315. The van der Waals surface area contributed by atoms with Gasteiger partial charge in [0, 0.05) is 22.8 Å². The van der Waals surface area contributed by atoms with Gasteiger partial charge in [-0.05, 0) is 38.5 Å². The number of hydrogen-bond donors (Lipinski definition) is 0. The number of carboxylic acid groups (broad SMARTS) is 2. The normalized spacial score (nSPS) is 10.8. The molecule has 0 aromatic heterocycles. The minimum Gasteiger partial charge on any atom is -0.550 e. The Bertz CT molecular complexity index is 317. The molecule has 0 rings (SSSR count). The Morgan fingerprint density at radius 2 is 0.643 bits per heavy atom. The van der Waals surface area contributed by atoms with Crippen LogP contribution < -0.4 is 69.3 Å². The van der Waals surface area contributed by atoms with Crippen molar-refractivity contribution in [2.45, 2.75) is 119 Å². The van der Waals surface area contributed by atoms with Gasteiger partial charge in [0.25, 0.3) is 0 Å². The first-order chi connectivity index (χ1) is 12.3. The maximum Gasteiger partial charge on any atom is 1.00 e. The molecule has 0 atom stereocenters. The second-order valence-corrected chi connectivity index (χ2v) is 7.64. The molecule has 0 fully saturated rings. The Hall–Kier alpha value is 0.940. The van der Waals surface area contributed by atoms with Gasteiger partial charge in [-0.15, -0.1) is 0 Å². The van der Waals surface area contributed by atoms with Crippen molar-refractivity contribution in [2.24, 2.45) is 10.8 Å². The molecule has 0 aliphatic heterocycles. The average Bonchev–Trinajstić information content (AvgIpc) is 2.56. The molecule has 156 valence electrons. The molecule has 0 saturated carbocycles. The van der Waals surface area contributed by atoms with Gasteiger partial charge in [0.2, 0.25) is 0 Å². The molecule has 4 nitrogen and oxygen atoms in total. The summed E-state index contributed by atoms with van der Waals surface area (Å²) < 4.78 is 0. The monoisotopic (exact) mass is 416 g/mol. The van der Waals surface area contributed by atoms with Crippen LogP contribution in [0.5, 0.6) is 0 Å². The summed E-state index contributed by atoms with van der Waals surface area (Å²) in [6, 6.07) is 0. The maximum absolute atomic E-state index is 11.1. The molecule has 0 saturated heterocycles. The van der Waals surface area contributed by atoms with Crippen molar-refractivity contribution in [3.05, 3.63) is 0 Å². The Morgan fingerprint density at radius 3 is 0.714 bits per heavy atom. The van der Waals surface area contributed by atoms with Crippen LogP contribution in [0.3, 0.4) is 0 Å². The minimum atomic E-state index is -0.849. The van der Waals surface area contributed by atoms with Gasteiger partial charge in [0.05, 0.1) is 0 Å². The number of rotatable bonds is 14. The minimum absolute atomic E-state index is 0. The first kappa shape index (κ1) is 36.3. The summed E-state index contributed by atoms with van der Waals surface area (Å²) in [5, 5.41) is 22.2. The van der Waals surface area contributed by atoms with Crippen molar-refractivity contribution in [1.29, 1.82) is 0 Å². The van der Waals surface area contributed by atoms with E-state index >= 15 is 0 Å². The maximum atomic E-state index is 11.1. The largest absolute Gasteiger partial charge is 1.00 e. The van der Waals surface area contributed by atoms with E-state index in [1.54, 1.807) is 0 Å². The molecular formula is C22H42Na2O4. The van der Waals surface area contributed by atoms with E-state index in [-0.39, 0.29) is 59.1 Å². The molecule has 0 spiro atoms. The number of carbonyl (C=O) groups excluding carboxylic acids is 2. The SMILES string of the molecule is CCCC(CCC)(CCC)C(=O)[O-].CCCC(CCC)(CCC)C(=O)[O-].[Na+].[Na+]. The van der Waals surface area contributed by atoms with Gasteiger partial charge in [-0.3, -0.25) is 0 Å². The third-order valence-electron chi connectivity index (χ3n) is 5.24. The van der Waals surface area contributed by atoms with Crippen molar-refractivity contribution in [3.63, 3.8) is 0 Å². The van der Waals surface area contributed by atoms with Gasteiger partial charge in [-0.2, -0.15) is 0 Å². The van der Waals surface area contributed by atoms with Gasteiger partial charge < -0.3 is 19.8 Å². The molecule has 0 aliphatic carbocycles. The van der Waals surface area contributed by atoms with E-state index < -0.39 is 22.8 Å². The Labute approximate surface area is 218 Å². The molecule has 0 unspecified atom stereocenters. The summed E-state index contributed by atoms with van der Waals surface area (Å²) in [7, 11) is 0. The van der Waals surface area contributed by atoms with E-state index in [2.05, 4.69) is 0 Å². The van der Waals surface area contributed by atoms with Gasteiger partial charge in [0.1, 0.15) is 0 Å². The van der Waals surface area contributed by atoms with Crippen molar-refractivity contribution in [2.75, 3.05) is 0 Å². The predicted octanol–water partition coefficient (Wildman–Crippen LogP) is -1.75. The number of aliphatic carboxylic acids is 2. The second-order valence-electron chi connectivity index (χ2n) is 7.64. The van der Waals surface area contributed by atoms with E-state index in [1.807, 2.05) is 41.5 Å². The smallest absolute Gasteiger partial charge is 0.550 e. The van der Waals surface area contributed by atoms with Crippen LogP contribution in [0.4, 0.5) is 0 Å². The zero-order valence-corrected chi connectivity index (χ0v) is 24.1. The molecule has 0 radical (unpaired) electrons. The van der Waals surface area contributed by atoms with Gasteiger partial charge >= 0.3 is 59.1 Å². The first-order valence-electron chi connectivity index (χ1n) is 10.7. The van der Waals surface area contributed by atoms with Gasteiger partial charge in [-0.25, -0.2) is 0 Å². The van der Waals surface area contributed by atoms with Crippen LogP contribution in [0.15, 0.2) is 0 Å². The molecule has 0 aromatic carbocycles. The molecular weight excluding hydrogens is 374 g/mol. The van der Waals surface area contributed by atoms with Crippen LogP contribution in [0.1, 0.15) is 119 Å². The summed E-state index contributed by atoms with van der Waals surface area (Å²) in [6.45, 7) is 12.2. The predicted molar refractivity (Wildman–Crippen MR) is 104 cm³/mol. The van der Waals surface area contributed by atoms with Crippen LogP contribution in [0, 0.1) is 10.8 Å². The van der Waals surface area contributed by atoms with E-state index in [1.165, 1.54) is 0 Å². The Morgan fingerprint density at radius 1 is 0.500 bits per heavy atom. The number of hydrogen-bond acceptors (Lipinski definition) is 4. The molecule has 0 aliphatic rings. The van der Waals surface area contributed by atoms with Gasteiger partial charge in [0.15, 0.2) is 0 Å². The van der Waals surface area contributed by atoms with E-state index in [0.29, 0.717) is 0 Å². The standard InChI is InChI=1S/2C11H22O2.2Na/c2*1-4-7-11(8-5-2,9-6-3)10(12)13;;/h2*4-9H2,1-3H3,(H,12,13);;/q;;2*+1/p-2. The molecule has 6 heteroatoms. The van der Waals surface area contributed by atoms with Crippen molar-refractivity contribution in [3.8, 4) is 0 Å². The van der Waals surface area contributed by atoms with Crippen molar-refractivity contribution in [1.82, 2.24) is 0 Å². The first-order valence-corrected chi connectivity index (χ1v) is 10.7. The van der Waals surface area contributed by atoms with Crippen LogP contribution >= 0.6 is 0 Å². The molecule has 0 amide bonds. The fraction of sp³-hybridized carbons (Fsp3) is 0.909. The van der Waals surface area contributed by atoms with Crippen molar-refractivity contribution >= 4 is 11.9 Å².